The van der Waals surface area contributed by atoms with Crippen LogP contribution in [-0.2, 0) is 12.8 Å². The standard InChI is InChI=1S/C24H23N3O3/c1-12(2)27-23(29)16-6-5-14(9-19(16)24(27)30)22(28)25-15-10-18-17-8-13(3)4-7-20(17)26-21(18)11-15/h4-9,12,15,26H,10-11H2,1-3H3,(H,25,28). The minimum Gasteiger partial charge on any atom is -0.358 e. The van der Waals surface area contributed by atoms with E-state index in [0.717, 1.165) is 18.4 Å². The second kappa shape index (κ2) is 6.55. The number of carbonyl (C=O) groups is 3. The highest BCUT2D eigenvalue weighted by atomic mass is 16.2. The molecule has 2 aliphatic rings. The fourth-order valence-electron chi connectivity index (χ4n) is 4.63. The molecule has 2 aromatic carbocycles. The van der Waals surface area contributed by atoms with Crippen molar-refractivity contribution in [3.63, 3.8) is 0 Å². The van der Waals surface area contributed by atoms with Gasteiger partial charge in [-0.15, -0.1) is 0 Å². The first-order valence-electron chi connectivity index (χ1n) is 10.3. The SMILES string of the molecule is Cc1ccc2[nH]c3c(c2c1)CC(NC(=O)c1ccc2c(c1)C(=O)N(C(C)C)C2=O)C3. The van der Waals surface area contributed by atoms with E-state index in [1.54, 1.807) is 32.0 Å². The molecule has 0 spiro atoms. The second-order valence-electron chi connectivity index (χ2n) is 8.54. The van der Waals surface area contributed by atoms with Gasteiger partial charge in [-0.2, -0.15) is 0 Å². The highest BCUT2D eigenvalue weighted by Crippen LogP contribution is 2.31. The molecule has 1 aromatic heterocycles. The van der Waals surface area contributed by atoms with Gasteiger partial charge >= 0.3 is 0 Å². The Kier molecular flexibility index (Phi) is 4.07. The van der Waals surface area contributed by atoms with Gasteiger partial charge < -0.3 is 10.3 Å². The monoisotopic (exact) mass is 401 g/mol. The maximum Gasteiger partial charge on any atom is 0.261 e. The summed E-state index contributed by atoms with van der Waals surface area (Å²) < 4.78 is 0. The van der Waals surface area contributed by atoms with Crippen LogP contribution in [0.1, 0.15) is 61.7 Å². The van der Waals surface area contributed by atoms with Crippen LogP contribution in [0.4, 0.5) is 0 Å². The Morgan fingerprint density at radius 2 is 1.83 bits per heavy atom. The summed E-state index contributed by atoms with van der Waals surface area (Å²) in [4.78, 5) is 42.6. The summed E-state index contributed by atoms with van der Waals surface area (Å²) in [5, 5.41) is 4.31. The van der Waals surface area contributed by atoms with Gasteiger partial charge in [0.2, 0.25) is 0 Å². The Labute approximate surface area is 174 Å². The number of hydrogen-bond acceptors (Lipinski definition) is 3. The van der Waals surface area contributed by atoms with Gasteiger partial charge in [0.25, 0.3) is 17.7 Å². The smallest absolute Gasteiger partial charge is 0.261 e. The number of nitrogens with zero attached hydrogens (tertiary/aromatic N) is 1. The van der Waals surface area contributed by atoms with E-state index in [-0.39, 0.29) is 29.8 Å². The average molecular weight is 401 g/mol. The Morgan fingerprint density at radius 3 is 2.60 bits per heavy atom. The molecular weight excluding hydrogens is 378 g/mol. The first kappa shape index (κ1) is 18.6. The first-order valence-corrected chi connectivity index (χ1v) is 10.3. The normalized spacial score (nSPS) is 17.7. The molecule has 2 N–H and O–H groups in total. The molecule has 2 heterocycles. The topological polar surface area (TPSA) is 82.3 Å². The number of imide groups is 1. The molecule has 152 valence electrons. The average Bonchev–Trinajstić information content (AvgIpc) is 3.31. The molecule has 0 radical (unpaired) electrons. The van der Waals surface area contributed by atoms with Crippen LogP contribution in [0.15, 0.2) is 36.4 Å². The zero-order chi connectivity index (χ0) is 21.2. The minimum atomic E-state index is -0.336. The van der Waals surface area contributed by atoms with Gasteiger partial charge in [0.1, 0.15) is 0 Å². The number of nitrogens with one attached hydrogen (secondary N) is 2. The summed E-state index contributed by atoms with van der Waals surface area (Å²) in [6.45, 7) is 5.68. The quantitative estimate of drug-likeness (QED) is 0.660. The number of fused-ring (bicyclic) bond motifs is 4. The van der Waals surface area contributed by atoms with E-state index in [1.165, 1.54) is 27.1 Å². The molecule has 3 aromatic rings. The third-order valence-corrected chi connectivity index (χ3v) is 6.08. The van der Waals surface area contributed by atoms with Gasteiger partial charge in [-0.3, -0.25) is 19.3 Å². The Bertz CT molecular complexity index is 1240. The van der Waals surface area contributed by atoms with E-state index in [2.05, 4.69) is 35.4 Å². The van der Waals surface area contributed by atoms with E-state index >= 15 is 0 Å². The van der Waals surface area contributed by atoms with Crippen molar-refractivity contribution in [2.45, 2.75) is 45.7 Å². The van der Waals surface area contributed by atoms with Crippen LogP contribution in [0.3, 0.4) is 0 Å². The molecule has 0 bridgehead atoms. The summed E-state index contributed by atoms with van der Waals surface area (Å²) in [6.07, 6.45) is 1.52. The predicted molar refractivity (Wildman–Crippen MR) is 114 cm³/mol. The molecule has 0 fully saturated rings. The number of aromatic nitrogens is 1. The Morgan fingerprint density at radius 1 is 1.07 bits per heavy atom. The number of aromatic amines is 1. The number of rotatable bonds is 3. The van der Waals surface area contributed by atoms with E-state index in [9.17, 15) is 14.4 Å². The molecule has 0 saturated carbocycles. The molecule has 1 unspecified atom stereocenters. The summed E-state index contributed by atoms with van der Waals surface area (Å²) >= 11 is 0. The second-order valence-corrected chi connectivity index (χ2v) is 8.54. The van der Waals surface area contributed by atoms with Gasteiger partial charge in [-0.1, -0.05) is 11.6 Å². The fourth-order valence-corrected chi connectivity index (χ4v) is 4.63. The van der Waals surface area contributed by atoms with Crippen LogP contribution in [0, 0.1) is 6.92 Å². The zero-order valence-electron chi connectivity index (χ0n) is 17.2. The molecule has 6 heteroatoms. The van der Waals surface area contributed by atoms with E-state index in [0.29, 0.717) is 16.7 Å². The molecule has 1 aliphatic heterocycles. The van der Waals surface area contributed by atoms with Crippen molar-refractivity contribution in [3.05, 3.63) is 69.9 Å². The lowest BCUT2D eigenvalue weighted by molar-refractivity contribution is 0.0609. The first-order chi connectivity index (χ1) is 14.3. The van der Waals surface area contributed by atoms with Gasteiger partial charge in [0.05, 0.1) is 11.1 Å². The molecule has 6 nitrogen and oxygen atoms in total. The summed E-state index contributed by atoms with van der Waals surface area (Å²) in [6, 6.07) is 10.9. The lowest BCUT2D eigenvalue weighted by atomic mass is 10.0. The van der Waals surface area contributed by atoms with Gasteiger partial charge in [-0.05, 0) is 63.1 Å². The van der Waals surface area contributed by atoms with Crippen LogP contribution in [-0.4, -0.2) is 39.7 Å². The Balaban J connectivity index is 1.35. The minimum absolute atomic E-state index is 0.00131. The van der Waals surface area contributed by atoms with Crippen LogP contribution < -0.4 is 5.32 Å². The maximum absolute atomic E-state index is 12.9. The van der Waals surface area contributed by atoms with Gasteiger partial charge in [0, 0.05) is 40.7 Å². The van der Waals surface area contributed by atoms with Crippen molar-refractivity contribution >= 4 is 28.6 Å². The van der Waals surface area contributed by atoms with Crippen molar-refractivity contribution < 1.29 is 14.4 Å². The van der Waals surface area contributed by atoms with Crippen molar-refractivity contribution in [2.24, 2.45) is 0 Å². The summed E-state index contributed by atoms with van der Waals surface area (Å²) in [5.74, 6) is -0.859. The van der Waals surface area contributed by atoms with Crippen molar-refractivity contribution in [3.8, 4) is 0 Å². The number of benzene rings is 2. The van der Waals surface area contributed by atoms with Gasteiger partial charge in [-0.25, -0.2) is 0 Å². The molecular formula is C24H23N3O3. The highest BCUT2D eigenvalue weighted by molar-refractivity contribution is 6.22. The van der Waals surface area contributed by atoms with Crippen LogP contribution in [0.25, 0.3) is 10.9 Å². The van der Waals surface area contributed by atoms with Crippen LogP contribution in [0.2, 0.25) is 0 Å². The van der Waals surface area contributed by atoms with E-state index < -0.39 is 0 Å². The predicted octanol–water partition coefficient (Wildman–Crippen LogP) is 3.38. The largest absolute Gasteiger partial charge is 0.358 e. The van der Waals surface area contributed by atoms with Crippen molar-refractivity contribution in [2.75, 3.05) is 0 Å². The molecule has 3 amide bonds. The lowest BCUT2D eigenvalue weighted by Crippen LogP contribution is -2.36. The van der Waals surface area contributed by atoms with Crippen molar-refractivity contribution in [1.82, 2.24) is 15.2 Å². The fraction of sp³-hybridized carbons (Fsp3) is 0.292. The van der Waals surface area contributed by atoms with E-state index in [1.807, 2.05) is 0 Å². The molecule has 1 atom stereocenters. The number of aryl methyl sites for hydroxylation is 1. The maximum atomic E-state index is 12.9. The number of H-pyrrole nitrogens is 1. The third kappa shape index (κ3) is 2.75. The lowest BCUT2D eigenvalue weighted by Gasteiger charge is -2.17. The number of hydrogen-bond donors (Lipinski definition) is 2. The Hall–Kier alpha value is -3.41. The molecule has 1 aliphatic carbocycles. The molecule has 30 heavy (non-hydrogen) atoms. The summed E-state index contributed by atoms with van der Waals surface area (Å²) in [5.41, 5.74) is 5.85. The van der Waals surface area contributed by atoms with Crippen LogP contribution >= 0.6 is 0 Å². The van der Waals surface area contributed by atoms with E-state index in [4.69, 9.17) is 0 Å². The third-order valence-electron chi connectivity index (χ3n) is 6.08. The van der Waals surface area contributed by atoms with Gasteiger partial charge in [0.15, 0.2) is 0 Å². The van der Waals surface area contributed by atoms with Crippen molar-refractivity contribution in [1.29, 1.82) is 0 Å². The number of amides is 3. The number of carbonyl (C=O) groups excluding carboxylic acids is 3. The molecule has 5 rings (SSSR count). The zero-order valence-corrected chi connectivity index (χ0v) is 17.2. The molecule has 0 saturated heterocycles. The highest BCUT2D eigenvalue weighted by Gasteiger charge is 2.37. The summed E-state index contributed by atoms with van der Waals surface area (Å²) in [7, 11) is 0. The van der Waals surface area contributed by atoms with Crippen LogP contribution in [0.5, 0.6) is 0 Å².